The number of carbonyl (C=O) groups is 1. The van der Waals surface area contributed by atoms with E-state index in [4.69, 9.17) is 0 Å². The average molecular weight is 193 g/mol. The van der Waals surface area contributed by atoms with E-state index in [1.54, 1.807) is 0 Å². The van der Waals surface area contributed by atoms with Crippen LogP contribution in [0.15, 0.2) is 11.3 Å². The Kier molecular flexibility index (Phi) is 2.90. The molecule has 1 saturated heterocycles. The van der Waals surface area contributed by atoms with Crippen LogP contribution in [0.5, 0.6) is 0 Å². The summed E-state index contributed by atoms with van der Waals surface area (Å²) in [5.74, 6) is 0.196. The summed E-state index contributed by atoms with van der Waals surface area (Å²) in [5.41, 5.74) is 2.82. The Morgan fingerprint density at radius 3 is 2.64 bits per heavy atom. The predicted molar refractivity (Wildman–Crippen MR) is 56.9 cm³/mol. The van der Waals surface area contributed by atoms with Gasteiger partial charge in [0.2, 0.25) is 0 Å². The van der Waals surface area contributed by atoms with E-state index < -0.39 is 0 Å². The SMILES string of the molecule is CC1=C(N2CCCC2)C(C=O)CCC1. The fourth-order valence-electron chi connectivity index (χ4n) is 2.76. The highest BCUT2D eigenvalue weighted by Crippen LogP contribution is 2.32. The fourth-order valence-corrected chi connectivity index (χ4v) is 2.76. The van der Waals surface area contributed by atoms with Gasteiger partial charge in [0, 0.05) is 18.8 Å². The standard InChI is InChI=1S/C12H19NO/c1-10-5-4-6-11(9-14)12(10)13-7-2-3-8-13/h9,11H,2-8H2,1H3. The Bertz CT molecular complexity index is 251. The molecule has 0 spiro atoms. The number of carbonyl (C=O) groups excluding carboxylic acids is 1. The van der Waals surface area contributed by atoms with Gasteiger partial charge in [-0.2, -0.15) is 0 Å². The smallest absolute Gasteiger partial charge is 0.128 e. The third-order valence-electron chi connectivity index (χ3n) is 3.47. The zero-order chi connectivity index (χ0) is 9.97. The molecule has 1 aliphatic carbocycles. The second-order valence-corrected chi connectivity index (χ2v) is 4.49. The molecule has 2 heteroatoms. The number of likely N-dealkylation sites (tertiary alicyclic amines) is 1. The average Bonchev–Trinajstić information content (AvgIpc) is 2.70. The molecule has 78 valence electrons. The molecular weight excluding hydrogens is 174 g/mol. The molecule has 0 saturated carbocycles. The summed E-state index contributed by atoms with van der Waals surface area (Å²) >= 11 is 0. The first-order valence-corrected chi connectivity index (χ1v) is 5.73. The van der Waals surface area contributed by atoms with Crippen LogP contribution in [0.3, 0.4) is 0 Å². The quantitative estimate of drug-likeness (QED) is 0.627. The lowest BCUT2D eigenvalue weighted by Crippen LogP contribution is -2.28. The maximum atomic E-state index is 11.0. The summed E-state index contributed by atoms with van der Waals surface area (Å²) in [4.78, 5) is 13.4. The van der Waals surface area contributed by atoms with Crippen molar-refractivity contribution in [2.75, 3.05) is 13.1 Å². The molecular formula is C12H19NO. The third kappa shape index (κ3) is 1.70. The summed E-state index contributed by atoms with van der Waals surface area (Å²) in [5, 5.41) is 0. The van der Waals surface area contributed by atoms with E-state index in [0.29, 0.717) is 0 Å². The van der Waals surface area contributed by atoms with Crippen LogP contribution in [0, 0.1) is 5.92 Å². The highest BCUT2D eigenvalue weighted by atomic mass is 16.1. The molecule has 1 heterocycles. The van der Waals surface area contributed by atoms with Crippen LogP contribution in [-0.2, 0) is 4.79 Å². The van der Waals surface area contributed by atoms with Crippen molar-refractivity contribution in [1.82, 2.24) is 4.90 Å². The lowest BCUT2D eigenvalue weighted by Gasteiger charge is -2.31. The van der Waals surface area contributed by atoms with Gasteiger partial charge in [0.25, 0.3) is 0 Å². The van der Waals surface area contributed by atoms with Gasteiger partial charge in [-0.05, 0) is 39.0 Å². The van der Waals surface area contributed by atoms with Crippen LogP contribution in [0.25, 0.3) is 0 Å². The highest BCUT2D eigenvalue weighted by Gasteiger charge is 2.26. The van der Waals surface area contributed by atoms with Gasteiger partial charge in [0.1, 0.15) is 6.29 Å². The summed E-state index contributed by atoms with van der Waals surface area (Å²) in [7, 11) is 0. The van der Waals surface area contributed by atoms with E-state index in [0.717, 1.165) is 25.8 Å². The van der Waals surface area contributed by atoms with Gasteiger partial charge in [0.05, 0.1) is 5.92 Å². The number of nitrogens with zero attached hydrogens (tertiary/aromatic N) is 1. The molecule has 1 aliphatic heterocycles. The van der Waals surface area contributed by atoms with Gasteiger partial charge in [-0.3, -0.25) is 0 Å². The fraction of sp³-hybridized carbons (Fsp3) is 0.750. The summed E-state index contributed by atoms with van der Waals surface area (Å²) in [6.07, 6.45) is 7.18. The number of aldehydes is 1. The van der Waals surface area contributed by atoms with Crippen molar-refractivity contribution in [2.24, 2.45) is 5.92 Å². The van der Waals surface area contributed by atoms with Crippen LogP contribution in [0.2, 0.25) is 0 Å². The maximum Gasteiger partial charge on any atom is 0.128 e. The molecule has 0 N–H and O–H groups in total. The van der Waals surface area contributed by atoms with Crippen LogP contribution in [0.1, 0.15) is 39.0 Å². The second kappa shape index (κ2) is 4.16. The van der Waals surface area contributed by atoms with Crippen molar-refractivity contribution >= 4 is 6.29 Å². The van der Waals surface area contributed by atoms with E-state index in [1.165, 1.54) is 37.0 Å². The number of rotatable bonds is 2. The largest absolute Gasteiger partial charge is 0.374 e. The number of hydrogen-bond donors (Lipinski definition) is 0. The molecule has 1 fully saturated rings. The first kappa shape index (κ1) is 9.75. The minimum Gasteiger partial charge on any atom is -0.374 e. The van der Waals surface area contributed by atoms with Gasteiger partial charge in [-0.1, -0.05) is 5.57 Å². The summed E-state index contributed by atoms with van der Waals surface area (Å²) < 4.78 is 0. The van der Waals surface area contributed by atoms with Gasteiger partial charge in [-0.25, -0.2) is 0 Å². The van der Waals surface area contributed by atoms with E-state index >= 15 is 0 Å². The second-order valence-electron chi connectivity index (χ2n) is 4.49. The van der Waals surface area contributed by atoms with Crippen LogP contribution >= 0.6 is 0 Å². The first-order valence-electron chi connectivity index (χ1n) is 5.73. The molecule has 0 aromatic heterocycles. The number of hydrogen-bond acceptors (Lipinski definition) is 2. The lowest BCUT2D eigenvalue weighted by molar-refractivity contribution is -0.110. The monoisotopic (exact) mass is 193 g/mol. The number of allylic oxidation sites excluding steroid dienone is 2. The summed E-state index contributed by atoms with van der Waals surface area (Å²) in [6.45, 7) is 4.53. The zero-order valence-corrected chi connectivity index (χ0v) is 8.96. The minimum absolute atomic E-state index is 0.196. The summed E-state index contributed by atoms with van der Waals surface area (Å²) in [6, 6.07) is 0. The molecule has 1 atom stereocenters. The molecule has 0 radical (unpaired) electrons. The molecule has 0 aromatic carbocycles. The zero-order valence-electron chi connectivity index (χ0n) is 8.96. The van der Waals surface area contributed by atoms with Gasteiger partial charge in [-0.15, -0.1) is 0 Å². The van der Waals surface area contributed by atoms with Crippen LogP contribution in [-0.4, -0.2) is 24.3 Å². The van der Waals surface area contributed by atoms with Crippen molar-refractivity contribution in [3.05, 3.63) is 11.3 Å². The molecule has 0 amide bonds. The van der Waals surface area contributed by atoms with Gasteiger partial charge >= 0.3 is 0 Å². The molecule has 0 aromatic rings. The Morgan fingerprint density at radius 2 is 2.00 bits per heavy atom. The molecule has 0 bridgehead atoms. The van der Waals surface area contributed by atoms with Crippen molar-refractivity contribution in [3.8, 4) is 0 Å². The normalized spacial score (nSPS) is 28.4. The molecule has 2 rings (SSSR count). The molecule has 2 aliphatic rings. The van der Waals surface area contributed by atoms with Crippen molar-refractivity contribution in [2.45, 2.75) is 39.0 Å². The van der Waals surface area contributed by atoms with Crippen LogP contribution in [0.4, 0.5) is 0 Å². The maximum absolute atomic E-state index is 11.0. The highest BCUT2D eigenvalue weighted by molar-refractivity contribution is 5.59. The van der Waals surface area contributed by atoms with Crippen molar-refractivity contribution in [3.63, 3.8) is 0 Å². The van der Waals surface area contributed by atoms with E-state index in [2.05, 4.69) is 11.8 Å². The predicted octanol–water partition coefficient (Wildman–Crippen LogP) is 2.36. The van der Waals surface area contributed by atoms with Gasteiger partial charge in [0.15, 0.2) is 0 Å². The Hall–Kier alpha value is -0.790. The molecule has 1 unspecified atom stereocenters. The van der Waals surface area contributed by atoms with Gasteiger partial charge < -0.3 is 9.69 Å². The Morgan fingerprint density at radius 1 is 1.29 bits per heavy atom. The Labute approximate surface area is 86.0 Å². The Balaban J connectivity index is 2.21. The van der Waals surface area contributed by atoms with E-state index in [-0.39, 0.29) is 5.92 Å². The van der Waals surface area contributed by atoms with Crippen molar-refractivity contribution in [1.29, 1.82) is 0 Å². The van der Waals surface area contributed by atoms with E-state index in [1.807, 2.05) is 0 Å². The molecule has 14 heavy (non-hydrogen) atoms. The third-order valence-corrected chi connectivity index (χ3v) is 3.47. The van der Waals surface area contributed by atoms with Crippen molar-refractivity contribution < 1.29 is 4.79 Å². The minimum atomic E-state index is 0.196. The van der Waals surface area contributed by atoms with E-state index in [9.17, 15) is 4.79 Å². The van der Waals surface area contributed by atoms with Crippen LogP contribution < -0.4 is 0 Å². The first-order chi connectivity index (χ1) is 6.83. The topological polar surface area (TPSA) is 20.3 Å². The molecule has 2 nitrogen and oxygen atoms in total. The lowest BCUT2D eigenvalue weighted by atomic mass is 9.88.